The van der Waals surface area contributed by atoms with Crippen molar-refractivity contribution >= 4 is 11.8 Å². The Balaban J connectivity index is 2.52. The molecule has 0 aromatic rings. The summed E-state index contributed by atoms with van der Waals surface area (Å²) in [5.41, 5.74) is 0.832. The number of nitrogens with one attached hydrogen (secondary N) is 1. The van der Waals surface area contributed by atoms with Gasteiger partial charge >= 0.3 is 0 Å². The van der Waals surface area contributed by atoms with Gasteiger partial charge in [-0.3, -0.25) is 0 Å². The number of thioether (sulfide) groups is 1. The van der Waals surface area contributed by atoms with E-state index >= 15 is 0 Å². The lowest BCUT2D eigenvalue weighted by Gasteiger charge is -2.42. The van der Waals surface area contributed by atoms with Gasteiger partial charge in [0.25, 0.3) is 0 Å². The fourth-order valence-electron chi connectivity index (χ4n) is 3.10. The molecule has 1 fully saturated rings. The van der Waals surface area contributed by atoms with Gasteiger partial charge in [-0.25, -0.2) is 0 Å². The summed E-state index contributed by atoms with van der Waals surface area (Å²) >= 11 is 2.00. The van der Waals surface area contributed by atoms with Gasteiger partial charge in [0, 0.05) is 5.54 Å². The number of hydrogen-bond acceptors (Lipinski definition) is 2. The Morgan fingerprint density at radius 1 is 1.22 bits per heavy atom. The van der Waals surface area contributed by atoms with Crippen LogP contribution in [0.4, 0.5) is 0 Å². The number of rotatable bonds is 5. The standard InChI is InChI=1S/C16H33NS/c1-15(2,3)17-12-14-7-9-16(4,5)11-13(14)8-10-18-6/h13-14,17H,7-12H2,1-6H3. The zero-order chi connectivity index (χ0) is 13.8. The largest absolute Gasteiger partial charge is 0.312 e. The lowest BCUT2D eigenvalue weighted by Crippen LogP contribution is -2.43. The van der Waals surface area contributed by atoms with Gasteiger partial charge in [0.15, 0.2) is 0 Å². The minimum absolute atomic E-state index is 0.261. The highest BCUT2D eigenvalue weighted by atomic mass is 32.2. The first-order valence-corrected chi connectivity index (χ1v) is 8.87. The van der Waals surface area contributed by atoms with Crippen LogP contribution in [0, 0.1) is 17.3 Å². The van der Waals surface area contributed by atoms with Crippen molar-refractivity contribution in [3.05, 3.63) is 0 Å². The molecule has 18 heavy (non-hydrogen) atoms. The minimum Gasteiger partial charge on any atom is -0.312 e. The van der Waals surface area contributed by atoms with Gasteiger partial charge in [-0.1, -0.05) is 13.8 Å². The molecule has 2 unspecified atom stereocenters. The van der Waals surface area contributed by atoms with E-state index in [1.54, 1.807) is 0 Å². The quantitative estimate of drug-likeness (QED) is 0.786. The van der Waals surface area contributed by atoms with E-state index in [9.17, 15) is 0 Å². The molecule has 1 aliphatic carbocycles. The SMILES string of the molecule is CSCCC1CC(C)(C)CCC1CNC(C)(C)C. The lowest BCUT2D eigenvalue weighted by atomic mass is 9.66. The summed E-state index contributed by atoms with van der Waals surface area (Å²) in [5.74, 6) is 3.15. The summed E-state index contributed by atoms with van der Waals surface area (Å²) in [6.07, 6.45) is 7.87. The van der Waals surface area contributed by atoms with Crippen molar-refractivity contribution in [1.29, 1.82) is 0 Å². The third kappa shape index (κ3) is 5.97. The van der Waals surface area contributed by atoms with Crippen molar-refractivity contribution < 1.29 is 0 Å². The van der Waals surface area contributed by atoms with Crippen LogP contribution >= 0.6 is 11.8 Å². The van der Waals surface area contributed by atoms with Crippen LogP contribution in [0.1, 0.15) is 60.3 Å². The van der Waals surface area contributed by atoms with Gasteiger partial charge in [-0.05, 0) is 82.3 Å². The third-order valence-corrected chi connectivity index (χ3v) is 4.90. The van der Waals surface area contributed by atoms with Crippen molar-refractivity contribution in [3.63, 3.8) is 0 Å². The fourth-order valence-corrected chi connectivity index (χ4v) is 3.64. The fraction of sp³-hybridized carbons (Fsp3) is 1.00. The molecule has 108 valence electrons. The molecule has 1 N–H and O–H groups in total. The molecule has 0 radical (unpaired) electrons. The van der Waals surface area contributed by atoms with Gasteiger partial charge in [0.2, 0.25) is 0 Å². The van der Waals surface area contributed by atoms with Gasteiger partial charge in [-0.15, -0.1) is 0 Å². The molecule has 0 heterocycles. The van der Waals surface area contributed by atoms with Crippen molar-refractivity contribution in [2.45, 2.75) is 65.8 Å². The summed E-state index contributed by atoms with van der Waals surface area (Å²) < 4.78 is 0. The summed E-state index contributed by atoms with van der Waals surface area (Å²) in [6.45, 7) is 12.9. The minimum atomic E-state index is 0.261. The average molecular weight is 272 g/mol. The maximum atomic E-state index is 3.72. The molecule has 1 aliphatic rings. The Hall–Kier alpha value is 0.310. The number of hydrogen-bond donors (Lipinski definition) is 1. The second-order valence-electron chi connectivity index (χ2n) is 7.84. The predicted molar refractivity (Wildman–Crippen MR) is 85.4 cm³/mol. The van der Waals surface area contributed by atoms with Gasteiger partial charge in [0.1, 0.15) is 0 Å². The van der Waals surface area contributed by atoms with Crippen LogP contribution in [0.2, 0.25) is 0 Å². The first kappa shape index (κ1) is 16.4. The molecule has 0 bridgehead atoms. The topological polar surface area (TPSA) is 12.0 Å². The van der Waals surface area contributed by atoms with Crippen LogP contribution in [-0.4, -0.2) is 24.1 Å². The first-order chi connectivity index (χ1) is 8.23. The van der Waals surface area contributed by atoms with Crippen LogP contribution in [0.25, 0.3) is 0 Å². The molecule has 2 atom stereocenters. The Bertz CT molecular complexity index is 242. The normalized spacial score (nSPS) is 28.3. The van der Waals surface area contributed by atoms with Crippen LogP contribution in [0.5, 0.6) is 0 Å². The zero-order valence-corrected chi connectivity index (χ0v) is 14.1. The Kier molecular flexibility index (Phi) is 6.05. The Labute approximate surface area is 119 Å². The maximum absolute atomic E-state index is 3.72. The zero-order valence-electron chi connectivity index (χ0n) is 13.3. The van der Waals surface area contributed by atoms with E-state index in [0.717, 1.165) is 11.8 Å². The molecule has 0 aliphatic heterocycles. The van der Waals surface area contributed by atoms with E-state index < -0.39 is 0 Å². The second-order valence-corrected chi connectivity index (χ2v) is 8.83. The monoisotopic (exact) mass is 271 g/mol. The van der Waals surface area contributed by atoms with Crippen LogP contribution in [0.15, 0.2) is 0 Å². The van der Waals surface area contributed by atoms with E-state index in [1.165, 1.54) is 38.0 Å². The van der Waals surface area contributed by atoms with E-state index in [2.05, 4.69) is 46.2 Å². The smallest absolute Gasteiger partial charge is 0.00966 e. The maximum Gasteiger partial charge on any atom is 0.00966 e. The first-order valence-electron chi connectivity index (χ1n) is 7.47. The van der Waals surface area contributed by atoms with Crippen LogP contribution in [0.3, 0.4) is 0 Å². The molecule has 0 aromatic heterocycles. The van der Waals surface area contributed by atoms with Gasteiger partial charge < -0.3 is 5.32 Å². The lowest BCUT2D eigenvalue weighted by molar-refractivity contribution is 0.109. The molecule has 1 saturated carbocycles. The average Bonchev–Trinajstić information content (AvgIpc) is 2.22. The summed E-state index contributed by atoms with van der Waals surface area (Å²) in [4.78, 5) is 0. The van der Waals surface area contributed by atoms with E-state index in [1.807, 2.05) is 11.8 Å². The molecule has 2 heteroatoms. The van der Waals surface area contributed by atoms with Crippen LogP contribution in [-0.2, 0) is 0 Å². The molecule has 0 spiro atoms. The summed E-state index contributed by atoms with van der Waals surface area (Å²) in [6, 6.07) is 0. The Morgan fingerprint density at radius 2 is 1.89 bits per heavy atom. The second kappa shape index (κ2) is 6.65. The van der Waals surface area contributed by atoms with Crippen LogP contribution < -0.4 is 5.32 Å². The van der Waals surface area contributed by atoms with Crippen molar-refractivity contribution in [2.75, 3.05) is 18.6 Å². The van der Waals surface area contributed by atoms with Crippen molar-refractivity contribution in [2.24, 2.45) is 17.3 Å². The molecular weight excluding hydrogens is 238 g/mol. The highest BCUT2D eigenvalue weighted by molar-refractivity contribution is 7.98. The molecule has 0 aromatic carbocycles. The molecule has 1 nitrogen and oxygen atoms in total. The highest BCUT2D eigenvalue weighted by Gasteiger charge is 2.34. The van der Waals surface area contributed by atoms with E-state index in [-0.39, 0.29) is 5.54 Å². The van der Waals surface area contributed by atoms with Crippen molar-refractivity contribution in [1.82, 2.24) is 5.32 Å². The molecular formula is C16H33NS. The molecule has 0 amide bonds. The highest BCUT2D eigenvalue weighted by Crippen LogP contribution is 2.43. The third-order valence-electron chi connectivity index (χ3n) is 4.26. The van der Waals surface area contributed by atoms with E-state index in [4.69, 9.17) is 0 Å². The molecule has 0 saturated heterocycles. The Morgan fingerprint density at radius 3 is 2.44 bits per heavy atom. The van der Waals surface area contributed by atoms with Gasteiger partial charge in [-0.2, -0.15) is 11.8 Å². The van der Waals surface area contributed by atoms with E-state index in [0.29, 0.717) is 5.41 Å². The summed E-state index contributed by atoms with van der Waals surface area (Å²) in [7, 11) is 0. The molecule has 1 rings (SSSR count). The predicted octanol–water partition coefficient (Wildman–Crippen LogP) is 4.57. The van der Waals surface area contributed by atoms with Crippen molar-refractivity contribution in [3.8, 4) is 0 Å². The van der Waals surface area contributed by atoms with Gasteiger partial charge in [0.05, 0.1) is 0 Å². The summed E-state index contributed by atoms with van der Waals surface area (Å²) in [5, 5.41) is 3.72.